The molecule has 1 aliphatic heterocycles. The van der Waals surface area contributed by atoms with Crippen LogP contribution < -0.4 is 0 Å². The highest BCUT2D eigenvalue weighted by atomic mass is 16.2. The number of piperazine rings is 1. The SMILES string of the molecule is CN1CCN(C(=O)c2ccc3n[nH]nc3c2)C[C@@H]1c1ncc[nH]1. The average Bonchev–Trinajstić information content (AvgIpc) is 3.25. The van der Waals surface area contributed by atoms with Gasteiger partial charge in [0.25, 0.3) is 5.91 Å². The Balaban J connectivity index is 1.58. The number of imidazole rings is 1. The Kier molecular flexibility index (Phi) is 3.30. The van der Waals surface area contributed by atoms with E-state index in [1.54, 1.807) is 18.3 Å². The molecule has 2 aromatic heterocycles. The van der Waals surface area contributed by atoms with Gasteiger partial charge >= 0.3 is 0 Å². The van der Waals surface area contributed by atoms with Crippen molar-refractivity contribution in [3.8, 4) is 0 Å². The molecule has 1 fully saturated rings. The fraction of sp³-hybridized carbons (Fsp3) is 0.333. The van der Waals surface area contributed by atoms with Gasteiger partial charge in [0.05, 0.1) is 6.04 Å². The molecule has 8 heteroatoms. The van der Waals surface area contributed by atoms with E-state index in [4.69, 9.17) is 0 Å². The van der Waals surface area contributed by atoms with E-state index >= 15 is 0 Å². The number of carbonyl (C=O) groups is 1. The summed E-state index contributed by atoms with van der Waals surface area (Å²) in [5.41, 5.74) is 2.09. The van der Waals surface area contributed by atoms with Gasteiger partial charge in [-0.3, -0.25) is 9.69 Å². The third kappa shape index (κ3) is 2.46. The number of rotatable bonds is 2. The minimum absolute atomic E-state index is 0.0135. The number of aromatic nitrogens is 5. The number of hydrogen-bond donors (Lipinski definition) is 2. The van der Waals surface area contributed by atoms with Gasteiger partial charge in [0.2, 0.25) is 0 Å². The third-order valence-corrected chi connectivity index (χ3v) is 4.33. The van der Waals surface area contributed by atoms with Gasteiger partial charge in [-0.2, -0.15) is 15.4 Å². The Morgan fingerprint density at radius 3 is 2.96 bits per heavy atom. The van der Waals surface area contributed by atoms with Gasteiger partial charge in [0.1, 0.15) is 16.9 Å². The lowest BCUT2D eigenvalue weighted by Crippen LogP contribution is -2.49. The van der Waals surface area contributed by atoms with Gasteiger partial charge < -0.3 is 9.88 Å². The molecule has 0 unspecified atom stereocenters. The summed E-state index contributed by atoms with van der Waals surface area (Å²) in [5.74, 6) is 0.900. The molecule has 118 valence electrons. The third-order valence-electron chi connectivity index (χ3n) is 4.33. The zero-order valence-electron chi connectivity index (χ0n) is 12.7. The minimum atomic E-state index is 0.0135. The molecule has 4 rings (SSSR count). The molecular formula is C15H17N7O. The van der Waals surface area contributed by atoms with Gasteiger partial charge in [-0.05, 0) is 25.2 Å². The number of likely N-dealkylation sites (N-methyl/N-ethyl adjacent to an activating group) is 1. The first kappa shape index (κ1) is 13.9. The molecule has 1 amide bonds. The van der Waals surface area contributed by atoms with Crippen LogP contribution >= 0.6 is 0 Å². The van der Waals surface area contributed by atoms with E-state index in [1.807, 2.05) is 17.2 Å². The summed E-state index contributed by atoms with van der Waals surface area (Å²) in [6, 6.07) is 5.47. The topological polar surface area (TPSA) is 93.8 Å². The second kappa shape index (κ2) is 5.47. The number of aromatic amines is 2. The fourth-order valence-electron chi connectivity index (χ4n) is 2.97. The Labute approximate surface area is 132 Å². The molecule has 0 bridgehead atoms. The van der Waals surface area contributed by atoms with E-state index in [0.717, 1.165) is 17.9 Å². The molecule has 0 saturated carbocycles. The molecule has 0 radical (unpaired) electrons. The van der Waals surface area contributed by atoms with Crippen LogP contribution in [0.3, 0.4) is 0 Å². The molecule has 3 aromatic rings. The first-order valence-electron chi connectivity index (χ1n) is 7.52. The smallest absolute Gasteiger partial charge is 0.254 e. The number of H-pyrrole nitrogens is 2. The fourth-order valence-corrected chi connectivity index (χ4v) is 2.97. The monoisotopic (exact) mass is 311 g/mol. The van der Waals surface area contributed by atoms with E-state index in [2.05, 4.69) is 37.3 Å². The summed E-state index contributed by atoms with van der Waals surface area (Å²) in [4.78, 5) is 24.4. The largest absolute Gasteiger partial charge is 0.347 e. The van der Waals surface area contributed by atoms with Crippen LogP contribution in [0.25, 0.3) is 11.0 Å². The standard InChI is InChI=1S/C15H17N7O/c1-21-6-7-22(9-13(21)14-16-4-5-17-14)15(23)10-2-3-11-12(8-10)19-20-18-11/h2-5,8,13H,6-7,9H2,1H3,(H,16,17)(H,18,19,20)/t13-/m1/s1. The Morgan fingerprint density at radius 1 is 1.26 bits per heavy atom. The molecule has 1 saturated heterocycles. The molecule has 23 heavy (non-hydrogen) atoms. The van der Waals surface area contributed by atoms with Crippen LogP contribution in [0.1, 0.15) is 22.2 Å². The summed E-state index contributed by atoms with van der Waals surface area (Å²) in [7, 11) is 2.05. The van der Waals surface area contributed by atoms with Crippen molar-refractivity contribution in [2.75, 3.05) is 26.7 Å². The number of benzene rings is 1. The second-order valence-corrected chi connectivity index (χ2v) is 5.75. The van der Waals surface area contributed by atoms with E-state index in [0.29, 0.717) is 24.2 Å². The highest BCUT2D eigenvalue weighted by Gasteiger charge is 2.30. The second-order valence-electron chi connectivity index (χ2n) is 5.75. The molecule has 1 aliphatic rings. The molecular weight excluding hydrogens is 294 g/mol. The number of carbonyl (C=O) groups excluding carboxylic acids is 1. The van der Waals surface area contributed by atoms with Crippen LogP contribution in [0.4, 0.5) is 0 Å². The molecule has 0 spiro atoms. The molecule has 8 nitrogen and oxygen atoms in total. The number of nitrogens with zero attached hydrogens (tertiary/aromatic N) is 5. The van der Waals surface area contributed by atoms with Gasteiger partial charge in [-0.15, -0.1) is 0 Å². The maximum absolute atomic E-state index is 12.8. The number of nitrogens with one attached hydrogen (secondary N) is 2. The summed E-state index contributed by atoms with van der Waals surface area (Å²) in [6.45, 7) is 2.12. The van der Waals surface area contributed by atoms with Crippen LogP contribution in [-0.2, 0) is 0 Å². The molecule has 1 aromatic carbocycles. The van der Waals surface area contributed by atoms with Gasteiger partial charge in [0, 0.05) is 37.6 Å². The summed E-state index contributed by atoms with van der Waals surface area (Å²) < 4.78 is 0. The van der Waals surface area contributed by atoms with Crippen LogP contribution in [0.2, 0.25) is 0 Å². The lowest BCUT2D eigenvalue weighted by molar-refractivity contribution is 0.0534. The van der Waals surface area contributed by atoms with E-state index in [9.17, 15) is 4.79 Å². The molecule has 0 aliphatic carbocycles. The van der Waals surface area contributed by atoms with Gasteiger partial charge in [0.15, 0.2) is 0 Å². The predicted molar refractivity (Wildman–Crippen MR) is 83.8 cm³/mol. The van der Waals surface area contributed by atoms with Crippen molar-refractivity contribution in [2.24, 2.45) is 0 Å². The summed E-state index contributed by atoms with van der Waals surface area (Å²) in [6.07, 6.45) is 3.55. The molecule has 3 heterocycles. The van der Waals surface area contributed by atoms with Crippen molar-refractivity contribution in [1.82, 2.24) is 35.2 Å². The Hall–Kier alpha value is -2.74. The van der Waals surface area contributed by atoms with E-state index < -0.39 is 0 Å². The summed E-state index contributed by atoms with van der Waals surface area (Å²) in [5, 5.41) is 10.6. The van der Waals surface area contributed by atoms with Gasteiger partial charge in [-0.1, -0.05) is 0 Å². The summed E-state index contributed by atoms with van der Waals surface area (Å²) >= 11 is 0. The van der Waals surface area contributed by atoms with Gasteiger partial charge in [-0.25, -0.2) is 4.98 Å². The first-order valence-corrected chi connectivity index (χ1v) is 7.52. The maximum Gasteiger partial charge on any atom is 0.254 e. The number of hydrogen-bond acceptors (Lipinski definition) is 5. The van der Waals surface area contributed by atoms with Crippen LogP contribution in [0.15, 0.2) is 30.6 Å². The normalized spacial score (nSPS) is 19.3. The molecule has 1 atom stereocenters. The highest BCUT2D eigenvalue weighted by Crippen LogP contribution is 2.23. The zero-order chi connectivity index (χ0) is 15.8. The predicted octanol–water partition coefficient (Wildman–Crippen LogP) is 0.810. The van der Waals surface area contributed by atoms with Crippen molar-refractivity contribution in [3.05, 3.63) is 42.0 Å². The van der Waals surface area contributed by atoms with E-state index in [1.165, 1.54) is 0 Å². The van der Waals surface area contributed by atoms with Crippen molar-refractivity contribution >= 4 is 16.9 Å². The quantitative estimate of drug-likeness (QED) is 0.730. The van der Waals surface area contributed by atoms with Crippen molar-refractivity contribution < 1.29 is 4.79 Å². The zero-order valence-corrected chi connectivity index (χ0v) is 12.7. The van der Waals surface area contributed by atoms with Crippen LogP contribution in [-0.4, -0.2) is 67.8 Å². The minimum Gasteiger partial charge on any atom is -0.347 e. The first-order chi connectivity index (χ1) is 11.2. The number of fused-ring (bicyclic) bond motifs is 1. The van der Waals surface area contributed by atoms with Crippen molar-refractivity contribution in [3.63, 3.8) is 0 Å². The van der Waals surface area contributed by atoms with Crippen LogP contribution in [0, 0.1) is 0 Å². The average molecular weight is 311 g/mol. The highest BCUT2D eigenvalue weighted by molar-refractivity contribution is 5.97. The van der Waals surface area contributed by atoms with E-state index in [-0.39, 0.29) is 11.9 Å². The lowest BCUT2D eigenvalue weighted by Gasteiger charge is -2.38. The van der Waals surface area contributed by atoms with Crippen LogP contribution in [0.5, 0.6) is 0 Å². The Bertz CT molecular complexity index is 825. The van der Waals surface area contributed by atoms with Crippen molar-refractivity contribution in [2.45, 2.75) is 6.04 Å². The number of amides is 1. The Morgan fingerprint density at radius 2 is 2.13 bits per heavy atom. The lowest BCUT2D eigenvalue weighted by atomic mass is 10.1. The van der Waals surface area contributed by atoms with Crippen molar-refractivity contribution in [1.29, 1.82) is 0 Å². The maximum atomic E-state index is 12.8. The molecule has 2 N–H and O–H groups in total.